The fourth-order valence-corrected chi connectivity index (χ4v) is 3.33. The number of piperidine rings is 1. The molecular weight excluding hydrogens is 340 g/mol. The largest absolute Gasteiger partial charge is 0.359 e. The quantitative estimate of drug-likeness (QED) is 0.543. The van der Waals surface area contributed by atoms with Crippen LogP contribution in [0.4, 0.5) is 8.78 Å². The molecule has 0 amide bonds. The van der Waals surface area contributed by atoms with Crippen LogP contribution in [0.1, 0.15) is 56.9 Å². The third kappa shape index (κ3) is 6.23. The molecule has 0 spiro atoms. The minimum atomic E-state index is -2.26. The van der Waals surface area contributed by atoms with Gasteiger partial charge in [-0.1, -0.05) is 19.0 Å². The van der Waals surface area contributed by atoms with Crippen molar-refractivity contribution in [1.82, 2.24) is 20.7 Å². The van der Waals surface area contributed by atoms with Crippen LogP contribution in [0, 0.1) is 0 Å². The number of guanidine groups is 1. The molecular formula is C18H31F2N5O. The van der Waals surface area contributed by atoms with E-state index in [4.69, 9.17) is 4.52 Å². The molecule has 0 aromatic carbocycles. The third-order valence-corrected chi connectivity index (χ3v) is 4.96. The highest BCUT2D eigenvalue weighted by Crippen LogP contribution is 2.22. The van der Waals surface area contributed by atoms with Crippen LogP contribution >= 0.6 is 0 Å². The summed E-state index contributed by atoms with van der Waals surface area (Å²) >= 11 is 0. The van der Waals surface area contributed by atoms with Crippen molar-refractivity contribution in [2.45, 2.75) is 64.5 Å². The number of hydrogen-bond donors (Lipinski definition) is 2. The summed E-state index contributed by atoms with van der Waals surface area (Å²) in [5, 5.41) is 10.8. The summed E-state index contributed by atoms with van der Waals surface area (Å²) in [6, 6.07) is 2.24. The van der Waals surface area contributed by atoms with Gasteiger partial charge in [0.25, 0.3) is 6.43 Å². The Hall–Kier alpha value is -1.70. The van der Waals surface area contributed by atoms with Crippen molar-refractivity contribution in [3.8, 4) is 0 Å². The van der Waals surface area contributed by atoms with Gasteiger partial charge in [0.05, 0.1) is 18.8 Å². The topological polar surface area (TPSA) is 65.7 Å². The van der Waals surface area contributed by atoms with Gasteiger partial charge in [-0.3, -0.25) is 9.89 Å². The summed E-state index contributed by atoms with van der Waals surface area (Å²) in [6.45, 7) is 6.04. The lowest BCUT2D eigenvalue weighted by molar-refractivity contribution is 0.0744. The van der Waals surface area contributed by atoms with E-state index in [0.717, 1.165) is 37.1 Å². The van der Waals surface area contributed by atoms with Crippen molar-refractivity contribution in [1.29, 1.82) is 0 Å². The number of nitrogens with one attached hydrogen (secondary N) is 2. The lowest BCUT2D eigenvalue weighted by atomic mass is 9.99. The Bertz CT molecular complexity index is 552. The highest BCUT2D eigenvalue weighted by molar-refractivity contribution is 5.79. The monoisotopic (exact) mass is 371 g/mol. The zero-order valence-corrected chi connectivity index (χ0v) is 16.0. The molecule has 1 saturated heterocycles. The van der Waals surface area contributed by atoms with E-state index < -0.39 is 6.43 Å². The van der Waals surface area contributed by atoms with E-state index in [1.807, 2.05) is 11.0 Å². The first kappa shape index (κ1) is 20.6. The van der Waals surface area contributed by atoms with E-state index in [0.29, 0.717) is 31.5 Å². The van der Waals surface area contributed by atoms with Gasteiger partial charge in [-0.2, -0.15) is 0 Å². The Morgan fingerprint density at radius 1 is 1.35 bits per heavy atom. The number of alkyl halides is 2. The summed E-state index contributed by atoms with van der Waals surface area (Å²) in [5.74, 6) is 1.91. The molecule has 0 atom stereocenters. The fraction of sp³-hybridized carbons (Fsp3) is 0.778. The van der Waals surface area contributed by atoms with Crippen LogP contribution in [0.25, 0.3) is 0 Å². The Morgan fingerprint density at radius 2 is 2.04 bits per heavy atom. The predicted molar refractivity (Wildman–Crippen MR) is 98.6 cm³/mol. The van der Waals surface area contributed by atoms with E-state index in [1.165, 1.54) is 0 Å². The van der Waals surface area contributed by atoms with Crippen LogP contribution in [0.15, 0.2) is 15.6 Å². The van der Waals surface area contributed by atoms with E-state index in [9.17, 15) is 8.78 Å². The molecule has 1 aromatic rings. The molecule has 0 aliphatic carbocycles. The lowest BCUT2D eigenvalue weighted by Gasteiger charge is -2.32. The number of likely N-dealkylation sites (tertiary alicyclic amines) is 1. The number of halogens is 2. The number of rotatable bonds is 8. The molecule has 1 aromatic heterocycles. The maximum atomic E-state index is 12.4. The van der Waals surface area contributed by atoms with Crippen molar-refractivity contribution in [2.75, 3.05) is 26.7 Å². The molecule has 1 aliphatic heterocycles. The molecule has 8 heteroatoms. The molecule has 1 aliphatic rings. The lowest BCUT2D eigenvalue weighted by Crippen LogP contribution is -2.49. The van der Waals surface area contributed by atoms with Crippen molar-refractivity contribution in [3.63, 3.8) is 0 Å². The average Bonchev–Trinajstić information content (AvgIpc) is 3.09. The van der Waals surface area contributed by atoms with Gasteiger partial charge in [-0.15, -0.1) is 0 Å². The standard InChI is InChI=1S/C18H31F2N5O/c1-4-13(5-2)16-10-15(26-24-16)11-22-18(21-3)23-14-6-8-25(9-7-14)12-17(19)20/h10,13-14,17H,4-9,11-12H2,1-3H3,(H2,21,22,23). The zero-order valence-electron chi connectivity index (χ0n) is 16.0. The van der Waals surface area contributed by atoms with Gasteiger partial charge in [0, 0.05) is 38.2 Å². The Balaban J connectivity index is 1.76. The van der Waals surface area contributed by atoms with Gasteiger partial charge in [0.15, 0.2) is 11.7 Å². The minimum absolute atomic E-state index is 0.135. The highest BCUT2D eigenvalue weighted by Gasteiger charge is 2.22. The van der Waals surface area contributed by atoms with Crippen molar-refractivity contribution < 1.29 is 13.3 Å². The molecule has 0 bridgehead atoms. The first-order valence-corrected chi connectivity index (χ1v) is 9.48. The second-order valence-corrected chi connectivity index (χ2v) is 6.77. The minimum Gasteiger partial charge on any atom is -0.359 e. The zero-order chi connectivity index (χ0) is 18.9. The van der Waals surface area contributed by atoms with Gasteiger partial charge in [0.1, 0.15) is 0 Å². The first-order chi connectivity index (χ1) is 12.5. The van der Waals surface area contributed by atoms with Crippen LogP contribution in [0.5, 0.6) is 0 Å². The van der Waals surface area contributed by atoms with Crippen molar-refractivity contribution >= 4 is 5.96 Å². The predicted octanol–water partition coefficient (Wildman–Crippen LogP) is 2.97. The second-order valence-electron chi connectivity index (χ2n) is 6.77. The summed E-state index contributed by atoms with van der Waals surface area (Å²) < 4.78 is 30.3. The van der Waals surface area contributed by atoms with Crippen LogP contribution in [-0.2, 0) is 6.54 Å². The smallest absolute Gasteiger partial charge is 0.251 e. The Kier molecular flexibility index (Phi) is 8.28. The van der Waals surface area contributed by atoms with Gasteiger partial charge in [-0.05, 0) is 25.7 Å². The maximum Gasteiger partial charge on any atom is 0.251 e. The van der Waals surface area contributed by atoms with Crippen LogP contribution in [-0.4, -0.2) is 55.2 Å². The fourth-order valence-electron chi connectivity index (χ4n) is 3.33. The van der Waals surface area contributed by atoms with Crippen LogP contribution in [0.2, 0.25) is 0 Å². The van der Waals surface area contributed by atoms with Crippen molar-refractivity contribution in [2.24, 2.45) is 4.99 Å². The van der Waals surface area contributed by atoms with E-state index in [2.05, 4.69) is 34.6 Å². The third-order valence-electron chi connectivity index (χ3n) is 4.96. The summed E-state index contributed by atoms with van der Waals surface area (Å²) in [7, 11) is 1.72. The summed E-state index contributed by atoms with van der Waals surface area (Å²) in [4.78, 5) is 6.05. The van der Waals surface area contributed by atoms with Crippen molar-refractivity contribution in [3.05, 3.63) is 17.5 Å². The molecule has 6 nitrogen and oxygen atoms in total. The molecule has 2 heterocycles. The highest BCUT2D eigenvalue weighted by atomic mass is 19.3. The molecule has 0 unspecified atom stereocenters. The molecule has 2 rings (SSSR count). The molecule has 2 N–H and O–H groups in total. The van der Waals surface area contributed by atoms with Gasteiger partial charge in [-0.25, -0.2) is 8.78 Å². The summed E-state index contributed by atoms with van der Waals surface area (Å²) in [5.41, 5.74) is 1.00. The van der Waals surface area contributed by atoms with E-state index in [1.54, 1.807) is 7.05 Å². The maximum absolute atomic E-state index is 12.4. The van der Waals surface area contributed by atoms with E-state index >= 15 is 0 Å². The van der Waals surface area contributed by atoms with Gasteiger partial charge in [0.2, 0.25) is 0 Å². The normalized spacial score (nSPS) is 17.3. The number of nitrogens with zero attached hydrogens (tertiary/aromatic N) is 3. The molecule has 0 radical (unpaired) electrons. The first-order valence-electron chi connectivity index (χ1n) is 9.48. The second kappa shape index (κ2) is 10.4. The molecule has 1 fully saturated rings. The average molecular weight is 371 g/mol. The van der Waals surface area contributed by atoms with Gasteiger partial charge < -0.3 is 15.2 Å². The van der Waals surface area contributed by atoms with Gasteiger partial charge >= 0.3 is 0 Å². The number of aromatic nitrogens is 1. The Morgan fingerprint density at radius 3 is 2.62 bits per heavy atom. The van der Waals surface area contributed by atoms with Crippen LogP contribution < -0.4 is 10.6 Å². The summed E-state index contributed by atoms with van der Waals surface area (Å²) in [6.07, 6.45) is 1.48. The number of hydrogen-bond acceptors (Lipinski definition) is 4. The Labute approximate surface area is 154 Å². The molecule has 0 saturated carbocycles. The van der Waals surface area contributed by atoms with Crippen LogP contribution in [0.3, 0.4) is 0 Å². The number of aliphatic imine (C=N–C) groups is 1. The van der Waals surface area contributed by atoms with E-state index in [-0.39, 0.29) is 12.6 Å². The SMILES string of the molecule is CCC(CC)c1cc(CNC(=NC)NC2CCN(CC(F)F)CC2)on1. The molecule has 148 valence electrons. The molecule has 26 heavy (non-hydrogen) atoms.